The van der Waals surface area contributed by atoms with Crippen LogP contribution in [0.4, 0.5) is 10.5 Å². The molecular formula is C25H29N5O6S. The molecule has 0 saturated carbocycles. The number of sulfone groups is 1. The lowest BCUT2D eigenvalue weighted by atomic mass is 10.1. The van der Waals surface area contributed by atoms with Crippen LogP contribution >= 0.6 is 0 Å². The van der Waals surface area contributed by atoms with Crippen molar-refractivity contribution < 1.29 is 27.6 Å². The molecule has 0 aromatic heterocycles. The van der Waals surface area contributed by atoms with Gasteiger partial charge in [-0.05, 0) is 37.1 Å². The van der Waals surface area contributed by atoms with E-state index in [1.165, 1.54) is 21.9 Å². The molecular weight excluding hydrogens is 498 g/mol. The number of carbonyl (C=O) groups excluding carboxylic acids is 4. The van der Waals surface area contributed by atoms with E-state index in [0.29, 0.717) is 25.1 Å². The second kappa shape index (κ2) is 11.4. The van der Waals surface area contributed by atoms with Gasteiger partial charge in [-0.1, -0.05) is 36.4 Å². The first-order chi connectivity index (χ1) is 17.7. The van der Waals surface area contributed by atoms with Crippen molar-refractivity contribution in [3.8, 4) is 0 Å². The predicted molar refractivity (Wildman–Crippen MR) is 135 cm³/mol. The average molecular weight is 528 g/mol. The minimum absolute atomic E-state index is 0.00470. The first-order valence-electron chi connectivity index (χ1n) is 12.0. The Hall–Kier alpha value is -3.93. The van der Waals surface area contributed by atoms with Crippen LogP contribution in [0, 0.1) is 0 Å². The van der Waals surface area contributed by atoms with Gasteiger partial charge in [-0.15, -0.1) is 0 Å². The summed E-state index contributed by atoms with van der Waals surface area (Å²) in [5, 5.41) is 8.13. The molecule has 0 radical (unpaired) electrons. The molecule has 3 N–H and O–H groups in total. The first-order valence-corrected chi connectivity index (χ1v) is 13.7. The zero-order valence-corrected chi connectivity index (χ0v) is 20.9. The van der Waals surface area contributed by atoms with Gasteiger partial charge >= 0.3 is 6.03 Å². The third-order valence-electron chi connectivity index (χ3n) is 6.34. The maximum atomic E-state index is 13.3. The topological polar surface area (TPSA) is 145 Å². The van der Waals surface area contributed by atoms with Gasteiger partial charge in [0.05, 0.1) is 11.4 Å². The summed E-state index contributed by atoms with van der Waals surface area (Å²) in [7, 11) is -3.88. The second-order valence-electron chi connectivity index (χ2n) is 8.91. The summed E-state index contributed by atoms with van der Waals surface area (Å²) >= 11 is 0. The monoisotopic (exact) mass is 527 g/mol. The Morgan fingerprint density at radius 1 is 0.973 bits per heavy atom. The van der Waals surface area contributed by atoms with Crippen LogP contribution in [0.2, 0.25) is 0 Å². The lowest BCUT2D eigenvalue weighted by Crippen LogP contribution is -2.64. The maximum Gasteiger partial charge on any atom is 0.322 e. The van der Waals surface area contributed by atoms with Crippen LogP contribution in [0.25, 0.3) is 0 Å². The van der Waals surface area contributed by atoms with Crippen LogP contribution < -0.4 is 16.0 Å². The van der Waals surface area contributed by atoms with E-state index in [0.717, 1.165) is 0 Å². The normalized spacial score (nSPS) is 20.1. The van der Waals surface area contributed by atoms with E-state index in [2.05, 4.69) is 16.0 Å². The molecule has 2 atom stereocenters. The van der Waals surface area contributed by atoms with Crippen LogP contribution in [0.15, 0.2) is 65.6 Å². The number of nitrogens with zero attached hydrogens (tertiary/aromatic N) is 2. The van der Waals surface area contributed by atoms with Gasteiger partial charge in [-0.3, -0.25) is 14.4 Å². The molecule has 0 bridgehead atoms. The van der Waals surface area contributed by atoms with Gasteiger partial charge in [-0.2, -0.15) is 0 Å². The summed E-state index contributed by atoms with van der Waals surface area (Å²) in [5.74, 6) is -2.32. The number of rotatable bonds is 6. The van der Waals surface area contributed by atoms with Gasteiger partial charge in [0, 0.05) is 25.3 Å². The van der Waals surface area contributed by atoms with E-state index in [1.807, 2.05) is 0 Å². The molecule has 0 aliphatic carbocycles. The summed E-state index contributed by atoms with van der Waals surface area (Å²) in [5.41, 5.74) is 0.533. The molecule has 196 valence electrons. The van der Waals surface area contributed by atoms with E-state index < -0.39 is 45.5 Å². The van der Waals surface area contributed by atoms with Crippen molar-refractivity contribution >= 4 is 39.3 Å². The van der Waals surface area contributed by atoms with Gasteiger partial charge in [0.15, 0.2) is 9.84 Å². The molecule has 0 unspecified atom stereocenters. The standard InChI is InChI=1S/C25H29N5O6S/c31-22(17-37(35,36)19-10-5-2-6-11-19)29-14-15-30(25(34)27-18-8-3-1-4-9-18)21(16-29)24(33)28-20-12-7-13-26-23(20)32/h1-6,8-11,20-21H,7,12-17H2,(H,26,32)(H,27,34)(H,28,33)/t20-,21-/m0/s1. The molecule has 2 aromatic carbocycles. The lowest BCUT2D eigenvalue weighted by Gasteiger charge is -2.41. The third kappa shape index (κ3) is 6.45. The van der Waals surface area contributed by atoms with Crippen LogP contribution in [0.3, 0.4) is 0 Å². The van der Waals surface area contributed by atoms with Crippen LogP contribution in [0.1, 0.15) is 12.8 Å². The SMILES string of the molecule is O=C1NCCC[C@@H]1NC(=O)[C@@H]1CN(C(=O)CS(=O)(=O)c2ccccc2)CCN1C(=O)Nc1ccccc1. The minimum Gasteiger partial charge on any atom is -0.354 e. The molecule has 4 rings (SSSR count). The Morgan fingerprint density at radius 3 is 2.32 bits per heavy atom. The van der Waals surface area contributed by atoms with Gasteiger partial charge in [-0.25, -0.2) is 13.2 Å². The molecule has 2 fully saturated rings. The summed E-state index contributed by atoms with van der Waals surface area (Å²) in [6.07, 6.45) is 1.15. The maximum absolute atomic E-state index is 13.3. The zero-order chi connectivity index (χ0) is 26.4. The smallest absolute Gasteiger partial charge is 0.322 e. The number of anilines is 1. The highest BCUT2D eigenvalue weighted by molar-refractivity contribution is 7.92. The largest absolute Gasteiger partial charge is 0.354 e. The van der Waals surface area contributed by atoms with Crippen LogP contribution in [-0.2, 0) is 24.2 Å². The molecule has 5 amide bonds. The van der Waals surface area contributed by atoms with Crippen molar-refractivity contribution in [2.45, 2.75) is 29.8 Å². The fourth-order valence-corrected chi connectivity index (χ4v) is 5.58. The number of urea groups is 1. The van der Waals surface area contributed by atoms with E-state index in [-0.39, 0.29) is 30.4 Å². The van der Waals surface area contributed by atoms with Gasteiger partial charge < -0.3 is 25.8 Å². The molecule has 2 saturated heterocycles. The molecule has 2 aliphatic rings. The molecule has 0 spiro atoms. The van der Waals surface area contributed by atoms with E-state index >= 15 is 0 Å². The van der Waals surface area contributed by atoms with E-state index in [9.17, 15) is 27.6 Å². The average Bonchev–Trinajstić information content (AvgIpc) is 2.90. The predicted octanol–water partition coefficient (Wildman–Crippen LogP) is 0.600. The Balaban J connectivity index is 1.50. The Morgan fingerprint density at radius 2 is 1.65 bits per heavy atom. The number of hydrogen-bond acceptors (Lipinski definition) is 6. The quantitative estimate of drug-likeness (QED) is 0.502. The molecule has 2 aromatic rings. The number of benzene rings is 2. The molecule has 2 aliphatic heterocycles. The summed E-state index contributed by atoms with van der Waals surface area (Å²) in [6.45, 7) is 0.383. The minimum atomic E-state index is -3.88. The summed E-state index contributed by atoms with van der Waals surface area (Å²) in [6, 6.07) is 14.0. The number of hydrogen-bond donors (Lipinski definition) is 3. The third-order valence-corrected chi connectivity index (χ3v) is 7.96. The second-order valence-corrected chi connectivity index (χ2v) is 10.9. The number of piperidine rings is 1. The molecule has 11 nitrogen and oxygen atoms in total. The number of amides is 5. The molecule has 2 heterocycles. The van der Waals surface area contributed by atoms with Crippen molar-refractivity contribution in [3.63, 3.8) is 0 Å². The Bertz CT molecular complexity index is 1250. The number of carbonyl (C=O) groups is 4. The molecule has 37 heavy (non-hydrogen) atoms. The van der Waals surface area contributed by atoms with Crippen molar-refractivity contribution in [1.82, 2.24) is 20.4 Å². The van der Waals surface area contributed by atoms with Crippen molar-refractivity contribution in [2.75, 3.05) is 37.2 Å². The number of para-hydroxylation sites is 1. The summed E-state index contributed by atoms with van der Waals surface area (Å²) < 4.78 is 25.5. The van der Waals surface area contributed by atoms with E-state index in [1.54, 1.807) is 48.5 Å². The fourth-order valence-electron chi connectivity index (χ4n) is 4.34. The van der Waals surface area contributed by atoms with Gasteiger partial charge in [0.2, 0.25) is 17.7 Å². The van der Waals surface area contributed by atoms with Gasteiger partial charge in [0.25, 0.3) is 0 Å². The van der Waals surface area contributed by atoms with Crippen LogP contribution in [-0.4, -0.2) is 86.0 Å². The highest BCUT2D eigenvalue weighted by Gasteiger charge is 2.39. The van der Waals surface area contributed by atoms with E-state index in [4.69, 9.17) is 0 Å². The van der Waals surface area contributed by atoms with Crippen molar-refractivity contribution in [2.24, 2.45) is 0 Å². The first kappa shape index (κ1) is 26.1. The fraction of sp³-hybridized carbons (Fsp3) is 0.360. The summed E-state index contributed by atoms with van der Waals surface area (Å²) in [4.78, 5) is 54.2. The highest BCUT2D eigenvalue weighted by atomic mass is 32.2. The van der Waals surface area contributed by atoms with Gasteiger partial charge in [0.1, 0.15) is 17.8 Å². The van der Waals surface area contributed by atoms with Crippen molar-refractivity contribution in [3.05, 3.63) is 60.7 Å². The molecule has 12 heteroatoms. The zero-order valence-electron chi connectivity index (χ0n) is 20.1. The highest BCUT2D eigenvalue weighted by Crippen LogP contribution is 2.17. The number of nitrogens with one attached hydrogen (secondary N) is 3. The van der Waals surface area contributed by atoms with Crippen molar-refractivity contribution in [1.29, 1.82) is 0 Å². The lowest BCUT2D eigenvalue weighted by molar-refractivity contribution is -0.137. The Labute approximate surface area is 215 Å². The Kier molecular flexibility index (Phi) is 8.07. The van der Waals surface area contributed by atoms with Crippen LogP contribution in [0.5, 0.6) is 0 Å². The number of piperazine rings is 1.